The van der Waals surface area contributed by atoms with Crippen LogP contribution in [0.5, 0.6) is 0 Å². The van der Waals surface area contributed by atoms with Crippen molar-refractivity contribution in [2.75, 3.05) is 18.7 Å². The monoisotopic (exact) mass is 422 g/mol. The summed E-state index contributed by atoms with van der Waals surface area (Å²) in [5.41, 5.74) is 0.359. The Morgan fingerprint density at radius 3 is 2.54 bits per heavy atom. The number of halogens is 1. The lowest BCUT2D eigenvalue weighted by atomic mass is 10.0. The van der Waals surface area contributed by atoms with Crippen LogP contribution in [-0.2, 0) is 28.5 Å². The van der Waals surface area contributed by atoms with Gasteiger partial charge in [-0.1, -0.05) is 34.1 Å². The molecule has 1 heterocycles. The molecule has 1 aliphatic heterocycles. The summed E-state index contributed by atoms with van der Waals surface area (Å²) >= 11 is 3.28. The molecule has 0 spiro atoms. The van der Waals surface area contributed by atoms with Crippen LogP contribution in [0.3, 0.4) is 0 Å². The molecule has 1 fully saturated rings. The van der Waals surface area contributed by atoms with Crippen LogP contribution < -0.4 is 0 Å². The summed E-state index contributed by atoms with van der Waals surface area (Å²) in [6.45, 7) is 0. The van der Waals surface area contributed by atoms with E-state index in [1.807, 2.05) is 0 Å². The zero-order valence-corrected chi connectivity index (χ0v) is 15.7. The lowest BCUT2D eigenvalue weighted by Crippen LogP contribution is -2.53. The molecule has 0 aromatic heterocycles. The summed E-state index contributed by atoms with van der Waals surface area (Å²) in [6, 6.07) is 8.42. The number of benzene rings is 1. The van der Waals surface area contributed by atoms with Gasteiger partial charge in [0, 0.05) is 18.9 Å². The van der Waals surface area contributed by atoms with Crippen LogP contribution in [0.25, 0.3) is 0 Å². The van der Waals surface area contributed by atoms with Gasteiger partial charge in [-0.3, -0.25) is 4.18 Å². The molecule has 0 radical (unpaired) electrons. The molecule has 1 aliphatic rings. The van der Waals surface area contributed by atoms with Crippen LogP contribution >= 0.6 is 15.9 Å². The number of esters is 1. The van der Waals surface area contributed by atoms with Gasteiger partial charge in [0.2, 0.25) is 0 Å². The molecule has 1 aromatic rings. The Hall–Kier alpha value is -1.00. The molecule has 1 aromatic carbocycles. The molecule has 1 saturated heterocycles. The topological polar surface area (TPSA) is 88.1 Å². The van der Waals surface area contributed by atoms with Gasteiger partial charge in [-0.25, -0.2) is 4.79 Å². The van der Waals surface area contributed by atoms with E-state index in [-0.39, 0.29) is 6.42 Å². The first-order valence-electron chi connectivity index (χ1n) is 7.22. The van der Waals surface area contributed by atoms with Gasteiger partial charge in [0.05, 0.1) is 11.8 Å². The van der Waals surface area contributed by atoms with E-state index >= 15 is 0 Å². The van der Waals surface area contributed by atoms with E-state index in [0.29, 0.717) is 10.9 Å². The SMILES string of the molecule is CO[C@@H]1C[C@H](OS(C)(=O)=O)[C@H](OC(=O)c2ccccc2)[C@@H](CBr)O1. The molecule has 0 N–H and O–H groups in total. The molecule has 9 heteroatoms. The van der Waals surface area contributed by atoms with Gasteiger partial charge in [-0.2, -0.15) is 8.42 Å². The Labute approximate surface area is 149 Å². The van der Waals surface area contributed by atoms with Gasteiger partial charge in [-0.15, -0.1) is 0 Å². The minimum atomic E-state index is -3.74. The molecule has 134 valence electrons. The van der Waals surface area contributed by atoms with Crippen LogP contribution in [0.15, 0.2) is 30.3 Å². The smallest absolute Gasteiger partial charge is 0.338 e. The number of carbonyl (C=O) groups excluding carboxylic acids is 1. The van der Waals surface area contributed by atoms with E-state index in [1.54, 1.807) is 30.3 Å². The maximum absolute atomic E-state index is 12.3. The minimum Gasteiger partial charge on any atom is -0.453 e. The Morgan fingerprint density at radius 2 is 2.00 bits per heavy atom. The van der Waals surface area contributed by atoms with E-state index in [4.69, 9.17) is 18.4 Å². The third kappa shape index (κ3) is 5.25. The van der Waals surface area contributed by atoms with Crippen molar-refractivity contribution in [3.8, 4) is 0 Å². The molecule has 7 nitrogen and oxygen atoms in total. The molecule has 2 rings (SSSR count). The van der Waals surface area contributed by atoms with Gasteiger partial charge in [0.1, 0.15) is 12.2 Å². The van der Waals surface area contributed by atoms with Crippen molar-refractivity contribution in [1.29, 1.82) is 0 Å². The average molecular weight is 423 g/mol. The molecule has 0 amide bonds. The molecule has 0 aliphatic carbocycles. The number of ether oxygens (including phenoxy) is 3. The number of hydrogen-bond acceptors (Lipinski definition) is 7. The maximum atomic E-state index is 12.3. The molecular formula is C15H19BrO7S. The summed E-state index contributed by atoms with van der Waals surface area (Å²) in [4.78, 5) is 12.3. The minimum absolute atomic E-state index is 0.125. The first kappa shape index (κ1) is 19.3. The Bertz CT molecular complexity index is 649. The summed E-state index contributed by atoms with van der Waals surface area (Å²) < 4.78 is 44.5. The number of rotatable bonds is 6. The van der Waals surface area contributed by atoms with Gasteiger partial charge < -0.3 is 14.2 Å². The van der Waals surface area contributed by atoms with Crippen LogP contribution in [0.2, 0.25) is 0 Å². The van der Waals surface area contributed by atoms with Gasteiger partial charge >= 0.3 is 5.97 Å². The highest BCUT2D eigenvalue weighted by atomic mass is 79.9. The number of carbonyl (C=O) groups is 1. The highest BCUT2D eigenvalue weighted by Gasteiger charge is 2.43. The van der Waals surface area contributed by atoms with Gasteiger partial charge in [-0.05, 0) is 12.1 Å². The van der Waals surface area contributed by atoms with Crippen LogP contribution in [0.1, 0.15) is 16.8 Å². The standard InChI is InChI=1S/C15H19BrO7S/c1-20-13-8-11(23-24(2,18)19)14(12(9-16)21-13)22-15(17)10-6-4-3-5-7-10/h3-7,11-14H,8-9H2,1-2H3/t11-,12+,13-,14-/m0/s1. The van der Waals surface area contributed by atoms with Crippen molar-refractivity contribution in [3.05, 3.63) is 35.9 Å². The number of hydrogen-bond donors (Lipinski definition) is 0. The normalized spacial score (nSPS) is 27.6. The molecule has 0 saturated carbocycles. The first-order chi connectivity index (χ1) is 11.3. The molecule has 4 atom stereocenters. The quantitative estimate of drug-likeness (QED) is 0.391. The van der Waals surface area contributed by atoms with E-state index in [9.17, 15) is 13.2 Å². The van der Waals surface area contributed by atoms with Crippen LogP contribution in [0.4, 0.5) is 0 Å². The zero-order valence-electron chi connectivity index (χ0n) is 13.3. The lowest BCUT2D eigenvalue weighted by molar-refractivity contribution is -0.230. The fourth-order valence-corrected chi connectivity index (χ4v) is 3.56. The number of alkyl halides is 1. The first-order valence-corrected chi connectivity index (χ1v) is 10.2. The van der Waals surface area contributed by atoms with E-state index in [1.165, 1.54) is 7.11 Å². The highest BCUT2D eigenvalue weighted by Crippen LogP contribution is 2.28. The maximum Gasteiger partial charge on any atom is 0.338 e. The van der Waals surface area contributed by atoms with E-state index in [0.717, 1.165) is 6.26 Å². The van der Waals surface area contributed by atoms with E-state index in [2.05, 4.69) is 15.9 Å². The predicted molar refractivity (Wildman–Crippen MR) is 89.4 cm³/mol. The van der Waals surface area contributed by atoms with E-state index < -0.39 is 40.7 Å². The Kier molecular flexibility index (Phi) is 6.76. The largest absolute Gasteiger partial charge is 0.453 e. The third-order valence-electron chi connectivity index (χ3n) is 3.45. The van der Waals surface area contributed by atoms with Crippen molar-refractivity contribution in [2.45, 2.75) is 31.0 Å². The zero-order chi connectivity index (χ0) is 17.7. The lowest BCUT2D eigenvalue weighted by Gasteiger charge is -2.39. The van der Waals surface area contributed by atoms with Gasteiger partial charge in [0.15, 0.2) is 12.4 Å². The van der Waals surface area contributed by atoms with Crippen LogP contribution in [0, 0.1) is 0 Å². The summed E-state index contributed by atoms with van der Waals surface area (Å²) in [6.07, 6.45) is -1.97. The summed E-state index contributed by atoms with van der Waals surface area (Å²) in [5.74, 6) is -0.576. The molecule has 24 heavy (non-hydrogen) atoms. The highest BCUT2D eigenvalue weighted by molar-refractivity contribution is 9.09. The van der Waals surface area contributed by atoms with Crippen molar-refractivity contribution in [3.63, 3.8) is 0 Å². The fourth-order valence-electron chi connectivity index (χ4n) is 2.40. The predicted octanol–water partition coefficient (Wildman–Crippen LogP) is 1.71. The second-order valence-electron chi connectivity index (χ2n) is 5.30. The number of methoxy groups -OCH3 is 1. The molecular weight excluding hydrogens is 404 g/mol. The molecule has 0 unspecified atom stereocenters. The van der Waals surface area contributed by atoms with Crippen LogP contribution in [-0.4, -0.2) is 57.7 Å². The fraction of sp³-hybridized carbons (Fsp3) is 0.533. The Morgan fingerprint density at radius 1 is 1.33 bits per heavy atom. The van der Waals surface area contributed by atoms with Crippen molar-refractivity contribution in [1.82, 2.24) is 0 Å². The second kappa shape index (κ2) is 8.39. The van der Waals surface area contributed by atoms with Crippen molar-refractivity contribution >= 4 is 32.0 Å². The van der Waals surface area contributed by atoms with Crippen molar-refractivity contribution in [2.24, 2.45) is 0 Å². The van der Waals surface area contributed by atoms with Crippen molar-refractivity contribution < 1.29 is 31.6 Å². The van der Waals surface area contributed by atoms with Gasteiger partial charge in [0.25, 0.3) is 10.1 Å². The Balaban J connectivity index is 2.21. The third-order valence-corrected chi connectivity index (χ3v) is 4.69. The second-order valence-corrected chi connectivity index (χ2v) is 7.55. The summed E-state index contributed by atoms with van der Waals surface area (Å²) in [5, 5.41) is 0.323. The summed E-state index contributed by atoms with van der Waals surface area (Å²) in [7, 11) is -2.29. The molecule has 0 bridgehead atoms. The average Bonchev–Trinajstić information content (AvgIpc) is 2.55.